The van der Waals surface area contributed by atoms with Gasteiger partial charge in [-0.05, 0) is 48.4 Å². The monoisotopic (exact) mass is 503 g/mol. The lowest BCUT2D eigenvalue weighted by Gasteiger charge is -2.16. The summed E-state index contributed by atoms with van der Waals surface area (Å²) in [6.45, 7) is 1.68. The van der Waals surface area contributed by atoms with E-state index in [1.54, 1.807) is 43.3 Å². The fraction of sp³-hybridized carbons (Fsp3) is 0.217. The van der Waals surface area contributed by atoms with Crippen LogP contribution in [0.1, 0.15) is 16.7 Å². The minimum Gasteiger partial charge on any atom is -0.493 e. The predicted molar refractivity (Wildman–Crippen MR) is 127 cm³/mol. The van der Waals surface area contributed by atoms with Gasteiger partial charge in [-0.3, -0.25) is 9.52 Å². The SMILES string of the molecule is COc1ccc(COc2nc3c(cc2NS(=O)(=O)c2cccc(Cl)c2C)CC(=O)N3)cc1OC. The number of anilines is 2. The molecule has 1 amide bonds. The zero-order valence-electron chi connectivity index (χ0n) is 18.6. The van der Waals surface area contributed by atoms with Crippen molar-refractivity contribution < 1.29 is 27.4 Å². The molecule has 0 spiro atoms. The van der Waals surface area contributed by atoms with Crippen molar-refractivity contribution in [2.45, 2.75) is 24.8 Å². The van der Waals surface area contributed by atoms with Gasteiger partial charge in [0.1, 0.15) is 18.1 Å². The van der Waals surface area contributed by atoms with Crippen LogP contribution >= 0.6 is 11.6 Å². The highest BCUT2D eigenvalue weighted by atomic mass is 35.5. The molecule has 0 unspecified atom stereocenters. The van der Waals surface area contributed by atoms with E-state index in [0.717, 1.165) is 5.56 Å². The largest absolute Gasteiger partial charge is 0.493 e. The van der Waals surface area contributed by atoms with E-state index in [9.17, 15) is 13.2 Å². The standard InChI is InChI=1S/C23H22ClN3O6S/c1-13-16(24)5-4-6-20(13)34(29,30)27-17-10-15-11-21(28)25-22(15)26-23(17)33-12-14-7-8-18(31-2)19(9-14)32-3/h4-10,27H,11-12H2,1-3H3,(H,25,26,28). The molecule has 34 heavy (non-hydrogen) atoms. The summed E-state index contributed by atoms with van der Waals surface area (Å²) in [4.78, 5) is 16.2. The number of sulfonamides is 1. The molecule has 4 rings (SSSR count). The Labute approximate surface area is 202 Å². The molecule has 0 atom stereocenters. The number of nitrogens with one attached hydrogen (secondary N) is 2. The lowest BCUT2D eigenvalue weighted by atomic mass is 10.2. The maximum absolute atomic E-state index is 13.2. The van der Waals surface area contributed by atoms with Gasteiger partial charge in [-0.2, -0.15) is 4.98 Å². The zero-order valence-corrected chi connectivity index (χ0v) is 20.2. The molecular weight excluding hydrogens is 482 g/mol. The Balaban J connectivity index is 1.67. The van der Waals surface area contributed by atoms with Crippen molar-refractivity contribution in [1.29, 1.82) is 0 Å². The molecule has 3 aromatic rings. The summed E-state index contributed by atoms with van der Waals surface area (Å²) in [5, 5.41) is 2.97. The molecule has 0 saturated carbocycles. The van der Waals surface area contributed by atoms with E-state index < -0.39 is 10.0 Å². The van der Waals surface area contributed by atoms with Crippen LogP contribution in [0.2, 0.25) is 5.02 Å². The maximum Gasteiger partial charge on any atom is 0.262 e. The van der Waals surface area contributed by atoms with Crippen molar-refractivity contribution in [1.82, 2.24) is 4.98 Å². The lowest BCUT2D eigenvalue weighted by molar-refractivity contribution is -0.115. The van der Waals surface area contributed by atoms with Crippen molar-refractivity contribution in [2.24, 2.45) is 0 Å². The first-order chi connectivity index (χ1) is 16.2. The summed E-state index contributed by atoms with van der Waals surface area (Å²) < 4.78 is 45.3. The molecule has 2 N–H and O–H groups in total. The third kappa shape index (κ3) is 4.73. The molecule has 11 heteroatoms. The Morgan fingerprint density at radius 2 is 1.88 bits per heavy atom. The van der Waals surface area contributed by atoms with Crippen molar-refractivity contribution >= 4 is 39.0 Å². The summed E-state index contributed by atoms with van der Waals surface area (Å²) in [6.07, 6.45) is 0.0865. The third-order valence-corrected chi connectivity index (χ3v) is 7.17. The number of fused-ring (bicyclic) bond motifs is 1. The van der Waals surface area contributed by atoms with Crippen LogP contribution < -0.4 is 24.2 Å². The minimum atomic E-state index is -4.02. The number of carbonyl (C=O) groups is 1. The number of ether oxygens (including phenoxy) is 3. The van der Waals surface area contributed by atoms with Crippen LogP contribution in [0.4, 0.5) is 11.5 Å². The normalized spacial score (nSPS) is 12.6. The average molecular weight is 504 g/mol. The molecule has 0 aliphatic carbocycles. The number of hydrogen-bond donors (Lipinski definition) is 2. The maximum atomic E-state index is 13.2. The highest BCUT2D eigenvalue weighted by Gasteiger charge is 2.26. The van der Waals surface area contributed by atoms with Crippen LogP contribution in [0.5, 0.6) is 17.4 Å². The number of methoxy groups -OCH3 is 2. The second-order valence-electron chi connectivity index (χ2n) is 7.52. The Bertz CT molecular complexity index is 1380. The topological polar surface area (TPSA) is 116 Å². The first-order valence-electron chi connectivity index (χ1n) is 10.2. The Morgan fingerprint density at radius 3 is 2.62 bits per heavy atom. The van der Waals surface area contributed by atoms with Crippen molar-refractivity contribution in [3.05, 3.63) is 64.2 Å². The number of rotatable bonds is 8. The summed E-state index contributed by atoms with van der Waals surface area (Å²) in [5.74, 6) is 1.19. The molecule has 0 radical (unpaired) electrons. The first kappa shape index (κ1) is 23.7. The highest BCUT2D eigenvalue weighted by Crippen LogP contribution is 2.35. The molecule has 1 aromatic heterocycles. The van der Waals surface area contributed by atoms with Gasteiger partial charge in [0.15, 0.2) is 11.5 Å². The predicted octanol–water partition coefficient (Wildman–Crippen LogP) is 3.94. The highest BCUT2D eigenvalue weighted by molar-refractivity contribution is 7.92. The van der Waals surface area contributed by atoms with E-state index in [2.05, 4.69) is 15.0 Å². The summed E-state index contributed by atoms with van der Waals surface area (Å²) in [5.41, 5.74) is 1.82. The molecule has 9 nitrogen and oxygen atoms in total. The van der Waals surface area contributed by atoms with Crippen LogP contribution in [-0.4, -0.2) is 33.5 Å². The van der Waals surface area contributed by atoms with Crippen LogP contribution in [0.25, 0.3) is 0 Å². The Hall–Kier alpha value is -3.50. The fourth-order valence-corrected chi connectivity index (χ4v) is 5.06. The van der Waals surface area contributed by atoms with E-state index in [-0.39, 0.29) is 35.4 Å². The molecule has 1 aliphatic heterocycles. The number of pyridine rings is 1. The van der Waals surface area contributed by atoms with Crippen molar-refractivity contribution in [3.63, 3.8) is 0 Å². The zero-order chi connectivity index (χ0) is 24.5. The van der Waals surface area contributed by atoms with Gasteiger partial charge in [0.25, 0.3) is 10.0 Å². The van der Waals surface area contributed by atoms with Gasteiger partial charge in [0, 0.05) is 10.6 Å². The number of hydrogen-bond acceptors (Lipinski definition) is 7. The third-order valence-electron chi connectivity index (χ3n) is 5.25. The van der Waals surface area contributed by atoms with Crippen LogP contribution in [0, 0.1) is 6.92 Å². The van der Waals surface area contributed by atoms with E-state index in [1.165, 1.54) is 20.3 Å². The quantitative estimate of drug-likeness (QED) is 0.478. The average Bonchev–Trinajstić information content (AvgIpc) is 3.17. The number of carbonyl (C=O) groups excluding carboxylic acids is 1. The second kappa shape index (κ2) is 9.40. The van der Waals surface area contributed by atoms with Gasteiger partial charge in [0.05, 0.1) is 25.5 Å². The van der Waals surface area contributed by atoms with Crippen LogP contribution in [-0.2, 0) is 27.8 Å². The molecule has 1 aliphatic rings. The number of aromatic nitrogens is 1. The summed E-state index contributed by atoms with van der Waals surface area (Å²) >= 11 is 6.12. The van der Waals surface area contributed by atoms with E-state index in [4.69, 9.17) is 25.8 Å². The molecular formula is C23H22ClN3O6S. The van der Waals surface area contributed by atoms with Gasteiger partial charge in [0.2, 0.25) is 11.8 Å². The van der Waals surface area contributed by atoms with Crippen LogP contribution in [0.15, 0.2) is 47.4 Å². The molecule has 0 saturated heterocycles. The van der Waals surface area contributed by atoms with Gasteiger partial charge >= 0.3 is 0 Å². The number of nitrogens with zero attached hydrogens (tertiary/aromatic N) is 1. The van der Waals surface area contributed by atoms with Gasteiger partial charge in [-0.1, -0.05) is 23.7 Å². The van der Waals surface area contributed by atoms with Crippen molar-refractivity contribution in [3.8, 4) is 17.4 Å². The summed E-state index contributed by atoms with van der Waals surface area (Å²) in [7, 11) is -0.955. The van der Waals surface area contributed by atoms with Gasteiger partial charge in [-0.15, -0.1) is 0 Å². The minimum absolute atomic E-state index is 0.0130. The molecule has 2 heterocycles. The molecule has 178 valence electrons. The van der Waals surface area contributed by atoms with Crippen molar-refractivity contribution in [2.75, 3.05) is 24.3 Å². The first-order valence-corrected chi connectivity index (χ1v) is 12.0. The molecule has 0 bridgehead atoms. The van der Waals surface area contributed by atoms with E-state index >= 15 is 0 Å². The molecule has 2 aromatic carbocycles. The van der Waals surface area contributed by atoms with Gasteiger partial charge in [-0.25, -0.2) is 8.42 Å². The van der Waals surface area contributed by atoms with Gasteiger partial charge < -0.3 is 19.5 Å². The second-order valence-corrected chi connectivity index (χ2v) is 9.58. The number of halogens is 1. The van der Waals surface area contributed by atoms with E-state index in [1.807, 2.05) is 0 Å². The number of benzene rings is 2. The Morgan fingerprint density at radius 1 is 1.12 bits per heavy atom. The van der Waals surface area contributed by atoms with Crippen LogP contribution in [0.3, 0.4) is 0 Å². The number of amides is 1. The smallest absolute Gasteiger partial charge is 0.262 e. The molecule has 0 fully saturated rings. The Kier molecular flexibility index (Phi) is 6.54. The lowest BCUT2D eigenvalue weighted by Crippen LogP contribution is -2.16. The summed E-state index contributed by atoms with van der Waals surface area (Å²) in [6, 6.07) is 11.4. The van der Waals surface area contributed by atoms with E-state index in [0.29, 0.717) is 33.5 Å². The fourth-order valence-electron chi connectivity index (χ4n) is 3.51.